The van der Waals surface area contributed by atoms with Crippen LogP contribution < -0.4 is 0 Å². The second kappa shape index (κ2) is 2.18. The molecular weight excluding hydrogens is 112 g/mol. The van der Waals surface area contributed by atoms with E-state index in [4.69, 9.17) is 0 Å². The highest BCUT2D eigenvalue weighted by atomic mass is 16.1. The molecule has 0 aromatic rings. The fraction of sp³-hybridized carbons (Fsp3) is 0.375. The fourth-order valence-corrected chi connectivity index (χ4v) is 0.948. The van der Waals surface area contributed by atoms with E-state index >= 15 is 0 Å². The number of rotatable bonds is 0. The van der Waals surface area contributed by atoms with Gasteiger partial charge in [0.25, 0.3) is 0 Å². The summed E-state index contributed by atoms with van der Waals surface area (Å²) in [5.74, 6) is 0.140. The highest BCUT2D eigenvalue weighted by Crippen LogP contribution is 2.16. The van der Waals surface area contributed by atoms with Crippen molar-refractivity contribution >= 4 is 5.78 Å². The van der Waals surface area contributed by atoms with Crippen LogP contribution in [0.1, 0.15) is 19.8 Å². The molecule has 1 aliphatic rings. The van der Waals surface area contributed by atoms with Crippen LogP contribution in [0.3, 0.4) is 0 Å². The van der Waals surface area contributed by atoms with Crippen LogP contribution in [0, 0.1) is 0 Å². The van der Waals surface area contributed by atoms with Gasteiger partial charge in [-0.25, -0.2) is 0 Å². The lowest BCUT2D eigenvalue weighted by molar-refractivity contribution is -0.112. The van der Waals surface area contributed by atoms with Gasteiger partial charge in [-0.3, -0.25) is 4.79 Å². The van der Waals surface area contributed by atoms with Gasteiger partial charge in [0.15, 0.2) is 5.78 Å². The van der Waals surface area contributed by atoms with E-state index in [1.54, 1.807) is 0 Å². The SMILES string of the molecule is C=C1CCC=C(C)C1=O. The van der Waals surface area contributed by atoms with E-state index in [1.165, 1.54) is 0 Å². The average Bonchev–Trinajstić information content (AvgIpc) is 1.83. The lowest BCUT2D eigenvalue weighted by Gasteiger charge is -2.08. The predicted octanol–water partition coefficient (Wildman–Crippen LogP) is 1.85. The third-order valence-corrected chi connectivity index (χ3v) is 1.58. The summed E-state index contributed by atoms with van der Waals surface area (Å²) in [5, 5.41) is 0. The highest BCUT2D eigenvalue weighted by Gasteiger charge is 2.12. The first-order chi connectivity index (χ1) is 4.22. The number of hydrogen-bond acceptors (Lipinski definition) is 1. The molecule has 0 bridgehead atoms. The smallest absolute Gasteiger partial charge is 0.183 e. The van der Waals surface area contributed by atoms with E-state index in [-0.39, 0.29) is 5.78 Å². The Morgan fingerprint density at radius 1 is 1.67 bits per heavy atom. The Labute approximate surface area is 55.1 Å². The molecule has 0 radical (unpaired) electrons. The van der Waals surface area contributed by atoms with E-state index in [1.807, 2.05) is 13.0 Å². The summed E-state index contributed by atoms with van der Waals surface area (Å²) in [4.78, 5) is 11.0. The molecule has 0 N–H and O–H groups in total. The molecule has 1 nitrogen and oxygen atoms in total. The maximum atomic E-state index is 11.0. The number of hydrogen-bond donors (Lipinski definition) is 0. The van der Waals surface area contributed by atoms with Crippen molar-refractivity contribution in [3.8, 4) is 0 Å². The Morgan fingerprint density at radius 2 is 2.33 bits per heavy atom. The van der Waals surface area contributed by atoms with E-state index in [2.05, 4.69) is 6.58 Å². The zero-order valence-corrected chi connectivity index (χ0v) is 5.61. The van der Waals surface area contributed by atoms with Gasteiger partial charge >= 0.3 is 0 Å². The molecule has 1 aliphatic carbocycles. The molecule has 0 saturated heterocycles. The Balaban J connectivity index is 2.86. The third kappa shape index (κ3) is 1.10. The lowest BCUT2D eigenvalue weighted by atomic mass is 9.95. The van der Waals surface area contributed by atoms with Crippen LogP contribution in [0.5, 0.6) is 0 Å². The van der Waals surface area contributed by atoms with Gasteiger partial charge in [0.2, 0.25) is 0 Å². The van der Waals surface area contributed by atoms with E-state index in [0.717, 1.165) is 24.0 Å². The van der Waals surface area contributed by atoms with Gasteiger partial charge in [-0.15, -0.1) is 0 Å². The molecule has 0 aliphatic heterocycles. The highest BCUT2D eigenvalue weighted by molar-refractivity contribution is 6.08. The van der Waals surface area contributed by atoms with Crippen LogP contribution in [0.15, 0.2) is 23.8 Å². The third-order valence-electron chi connectivity index (χ3n) is 1.58. The second-order valence-corrected chi connectivity index (χ2v) is 2.36. The second-order valence-electron chi connectivity index (χ2n) is 2.36. The van der Waals surface area contributed by atoms with Crippen LogP contribution in [-0.2, 0) is 4.79 Å². The van der Waals surface area contributed by atoms with Gasteiger partial charge in [0, 0.05) is 0 Å². The summed E-state index contributed by atoms with van der Waals surface area (Å²) >= 11 is 0. The molecule has 1 rings (SSSR count). The standard InChI is InChI=1S/C8H10O/c1-6-4-3-5-7(2)8(6)9/h5H,1,3-4H2,2H3. The fourth-order valence-electron chi connectivity index (χ4n) is 0.948. The maximum Gasteiger partial charge on any atom is 0.183 e. The van der Waals surface area contributed by atoms with Crippen molar-refractivity contribution in [3.05, 3.63) is 23.8 Å². The minimum absolute atomic E-state index is 0.140. The zero-order valence-electron chi connectivity index (χ0n) is 5.61. The summed E-state index contributed by atoms with van der Waals surface area (Å²) in [6.45, 7) is 5.50. The summed E-state index contributed by atoms with van der Waals surface area (Å²) < 4.78 is 0. The Bertz CT molecular complexity index is 187. The van der Waals surface area contributed by atoms with Crippen molar-refractivity contribution in [1.29, 1.82) is 0 Å². The van der Waals surface area contributed by atoms with Crippen molar-refractivity contribution in [2.75, 3.05) is 0 Å². The average molecular weight is 122 g/mol. The minimum Gasteiger partial charge on any atom is -0.289 e. The summed E-state index contributed by atoms with van der Waals surface area (Å²) in [5.41, 5.74) is 1.61. The van der Waals surface area contributed by atoms with Crippen molar-refractivity contribution in [2.45, 2.75) is 19.8 Å². The molecule has 0 unspecified atom stereocenters. The molecule has 1 heteroatoms. The molecule has 0 aromatic carbocycles. The van der Waals surface area contributed by atoms with Crippen molar-refractivity contribution in [1.82, 2.24) is 0 Å². The van der Waals surface area contributed by atoms with E-state index in [0.29, 0.717) is 0 Å². The van der Waals surface area contributed by atoms with Crippen molar-refractivity contribution in [2.24, 2.45) is 0 Å². The van der Waals surface area contributed by atoms with Gasteiger partial charge in [0.1, 0.15) is 0 Å². The molecule has 0 fully saturated rings. The summed E-state index contributed by atoms with van der Waals surface area (Å²) in [7, 11) is 0. The molecular formula is C8H10O. The van der Waals surface area contributed by atoms with Gasteiger partial charge in [-0.2, -0.15) is 0 Å². The quantitative estimate of drug-likeness (QED) is 0.448. The van der Waals surface area contributed by atoms with Crippen LogP contribution in [-0.4, -0.2) is 5.78 Å². The van der Waals surface area contributed by atoms with Crippen LogP contribution >= 0.6 is 0 Å². The largest absolute Gasteiger partial charge is 0.289 e. The molecule has 0 aromatic heterocycles. The van der Waals surface area contributed by atoms with Crippen molar-refractivity contribution in [3.63, 3.8) is 0 Å². The lowest BCUT2D eigenvalue weighted by Crippen LogP contribution is -2.06. The molecule has 9 heavy (non-hydrogen) atoms. The van der Waals surface area contributed by atoms with Gasteiger partial charge < -0.3 is 0 Å². The van der Waals surface area contributed by atoms with Crippen molar-refractivity contribution < 1.29 is 4.79 Å². The predicted molar refractivity (Wildman–Crippen MR) is 37.1 cm³/mol. The summed E-state index contributed by atoms with van der Waals surface area (Å²) in [6.07, 6.45) is 3.80. The first-order valence-corrected chi connectivity index (χ1v) is 3.11. The van der Waals surface area contributed by atoms with E-state index < -0.39 is 0 Å². The number of ketones is 1. The van der Waals surface area contributed by atoms with Gasteiger partial charge in [-0.1, -0.05) is 12.7 Å². The Kier molecular flexibility index (Phi) is 1.52. The number of Topliss-reactive ketones (excluding diaryl/α,β-unsaturated/α-hetero) is 1. The molecule has 0 heterocycles. The van der Waals surface area contributed by atoms with Crippen LogP contribution in [0.4, 0.5) is 0 Å². The first-order valence-electron chi connectivity index (χ1n) is 3.11. The summed E-state index contributed by atoms with van der Waals surface area (Å²) in [6, 6.07) is 0. The molecule has 0 saturated carbocycles. The first kappa shape index (κ1) is 6.27. The van der Waals surface area contributed by atoms with Gasteiger partial charge in [0.05, 0.1) is 0 Å². The molecule has 0 amide bonds. The maximum absolute atomic E-state index is 11.0. The topological polar surface area (TPSA) is 17.1 Å². The molecule has 48 valence electrons. The zero-order chi connectivity index (χ0) is 6.85. The Hall–Kier alpha value is -0.850. The minimum atomic E-state index is 0.140. The Morgan fingerprint density at radius 3 is 2.78 bits per heavy atom. The number of allylic oxidation sites excluding steroid dienone is 3. The molecule has 0 atom stereocenters. The molecule has 0 spiro atoms. The van der Waals surface area contributed by atoms with Crippen LogP contribution in [0.2, 0.25) is 0 Å². The van der Waals surface area contributed by atoms with E-state index in [9.17, 15) is 4.79 Å². The van der Waals surface area contributed by atoms with Crippen LogP contribution in [0.25, 0.3) is 0 Å². The number of carbonyl (C=O) groups is 1. The number of carbonyl (C=O) groups excluding carboxylic acids is 1. The van der Waals surface area contributed by atoms with Gasteiger partial charge in [-0.05, 0) is 30.9 Å². The monoisotopic (exact) mass is 122 g/mol. The normalized spacial score (nSPS) is 19.9.